The van der Waals surface area contributed by atoms with E-state index >= 15 is 0 Å². The van der Waals surface area contributed by atoms with Crippen LogP contribution >= 0.6 is 11.3 Å². The quantitative estimate of drug-likeness (QED) is 0.928. The van der Waals surface area contributed by atoms with Crippen LogP contribution in [-0.2, 0) is 4.79 Å². The molecule has 1 fully saturated rings. The van der Waals surface area contributed by atoms with Crippen molar-refractivity contribution in [2.75, 3.05) is 11.9 Å². The number of anilines is 1. The first-order valence-corrected chi connectivity index (χ1v) is 8.29. The van der Waals surface area contributed by atoms with Crippen LogP contribution in [-0.4, -0.2) is 23.4 Å². The lowest BCUT2D eigenvalue weighted by molar-refractivity contribution is -0.121. The zero-order valence-corrected chi connectivity index (χ0v) is 13.0. The SMILES string of the molecule is C[C@@H](C(=O)Nc1ccccc1)N1CCC[C@H]1c1cccs1. The largest absolute Gasteiger partial charge is 0.325 e. The standard InChI is InChI=1S/C17H20N2OS/c1-13(17(20)18-14-7-3-2-4-8-14)19-11-5-9-15(19)16-10-6-12-21-16/h2-4,6-8,10,12-13,15H,5,9,11H2,1H3,(H,18,20)/t13-,15-/m0/s1. The Labute approximate surface area is 129 Å². The molecule has 0 spiro atoms. The summed E-state index contributed by atoms with van der Waals surface area (Å²) in [5.74, 6) is 0.0738. The molecule has 0 aliphatic carbocycles. The average molecular weight is 300 g/mol. The van der Waals surface area contributed by atoms with Crippen LogP contribution in [0.2, 0.25) is 0 Å². The Bertz CT molecular complexity index is 582. The lowest BCUT2D eigenvalue weighted by Gasteiger charge is -2.29. The van der Waals surface area contributed by atoms with E-state index in [1.54, 1.807) is 11.3 Å². The van der Waals surface area contributed by atoms with Gasteiger partial charge in [0.1, 0.15) is 0 Å². The molecule has 21 heavy (non-hydrogen) atoms. The number of rotatable bonds is 4. The molecule has 1 aromatic carbocycles. The van der Waals surface area contributed by atoms with Crippen molar-refractivity contribution in [2.45, 2.75) is 31.8 Å². The summed E-state index contributed by atoms with van der Waals surface area (Å²) in [6, 6.07) is 14.2. The first-order valence-electron chi connectivity index (χ1n) is 7.41. The van der Waals surface area contributed by atoms with Gasteiger partial charge in [0, 0.05) is 16.6 Å². The molecule has 3 rings (SSSR count). The molecule has 0 bridgehead atoms. The highest BCUT2D eigenvalue weighted by Gasteiger charge is 2.33. The zero-order valence-electron chi connectivity index (χ0n) is 12.2. The van der Waals surface area contributed by atoms with E-state index in [-0.39, 0.29) is 11.9 Å². The van der Waals surface area contributed by atoms with Gasteiger partial charge in [0.25, 0.3) is 0 Å². The third-order valence-corrected chi connectivity index (χ3v) is 5.06. The first-order chi connectivity index (χ1) is 10.3. The Balaban J connectivity index is 1.69. The van der Waals surface area contributed by atoms with E-state index in [1.807, 2.05) is 37.3 Å². The number of nitrogens with zero attached hydrogens (tertiary/aromatic N) is 1. The number of thiophene rings is 1. The summed E-state index contributed by atoms with van der Waals surface area (Å²) in [7, 11) is 0. The number of carbonyl (C=O) groups excluding carboxylic acids is 1. The Morgan fingerprint density at radius 3 is 2.81 bits per heavy atom. The molecule has 1 aromatic heterocycles. The third kappa shape index (κ3) is 3.17. The highest BCUT2D eigenvalue weighted by molar-refractivity contribution is 7.10. The van der Waals surface area contributed by atoms with Crippen molar-refractivity contribution in [3.63, 3.8) is 0 Å². The van der Waals surface area contributed by atoms with Crippen molar-refractivity contribution in [3.05, 3.63) is 52.7 Å². The normalized spacial score (nSPS) is 20.3. The van der Waals surface area contributed by atoms with E-state index in [9.17, 15) is 4.79 Å². The maximum Gasteiger partial charge on any atom is 0.241 e. The van der Waals surface area contributed by atoms with Crippen molar-refractivity contribution in [1.29, 1.82) is 0 Å². The lowest BCUT2D eigenvalue weighted by atomic mass is 10.1. The van der Waals surface area contributed by atoms with Crippen LogP contribution in [0.5, 0.6) is 0 Å². The fourth-order valence-electron chi connectivity index (χ4n) is 2.96. The summed E-state index contributed by atoms with van der Waals surface area (Å²) >= 11 is 1.78. The summed E-state index contributed by atoms with van der Waals surface area (Å²) in [6.45, 7) is 3.00. The van der Waals surface area contributed by atoms with E-state index in [4.69, 9.17) is 0 Å². The van der Waals surface area contributed by atoms with E-state index in [2.05, 4.69) is 27.7 Å². The third-order valence-electron chi connectivity index (χ3n) is 4.08. The van der Waals surface area contributed by atoms with Crippen molar-refractivity contribution >= 4 is 22.9 Å². The summed E-state index contributed by atoms with van der Waals surface area (Å²) in [5.41, 5.74) is 0.862. The van der Waals surface area contributed by atoms with Gasteiger partial charge in [-0.05, 0) is 49.9 Å². The summed E-state index contributed by atoms with van der Waals surface area (Å²) in [4.78, 5) is 16.2. The molecule has 2 heterocycles. The van der Waals surface area contributed by atoms with Crippen LogP contribution in [0.1, 0.15) is 30.7 Å². The number of hydrogen-bond donors (Lipinski definition) is 1. The molecule has 1 saturated heterocycles. The maximum absolute atomic E-state index is 12.5. The molecule has 1 aliphatic rings. The first kappa shape index (κ1) is 14.3. The van der Waals surface area contributed by atoms with Gasteiger partial charge in [-0.1, -0.05) is 24.3 Å². The number of amides is 1. The van der Waals surface area contributed by atoms with Gasteiger partial charge in [0.05, 0.1) is 6.04 Å². The second kappa shape index (κ2) is 6.41. The van der Waals surface area contributed by atoms with E-state index in [0.29, 0.717) is 6.04 Å². The minimum atomic E-state index is -0.111. The van der Waals surface area contributed by atoms with Crippen LogP contribution < -0.4 is 5.32 Å². The Morgan fingerprint density at radius 1 is 1.29 bits per heavy atom. The molecule has 0 saturated carbocycles. The predicted octanol–water partition coefficient (Wildman–Crippen LogP) is 3.91. The maximum atomic E-state index is 12.5. The molecule has 3 nitrogen and oxygen atoms in total. The second-order valence-electron chi connectivity index (χ2n) is 5.44. The van der Waals surface area contributed by atoms with Gasteiger partial charge < -0.3 is 5.32 Å². The monoisotopic (exact) mass is 300 g/mol. The van der Waals surface area contributed by atoms with Crippen LogP contribution in [0.25, 0.3) is 0 Å². The Morgan fingerprint density at radius 2 is 2.10 bits per heavy atom. The van der Waals surface area contributed by atoms with Gasteiger partial charge in [-0.15, -0.1) is 11.3 Å². The lowest BCUT2D eigenvalue weighted by Crippen LogP contribution is -2.41. The van der Waals surface area contributed by atoms with Crippen molar-refractivity contribution in [2.24, 2.45) is 0 Å². The molecule has 4 heteroatoms. The van der Waals surface area contributed by atoms with Gasteiger partial charge in [-0.25, -0.2) is 0 Å². The molecule has 0 radical (unpaired) electrons. The van der Waals surface area contributed by atoms with Crippen molar-refractivity contribution in [3.8, 4) is 0 Å². The smallest absolute Gasteiger partial charge is 0.241 e. The average Bonchev–Trinajstić information content (AvgIpc) is 3.18. The molecule has 1 N–H and O–H groups in total. The Hall–Kier alpha value is -1.65. The van der Waals surface area contributed by atoms with Gasteiger partial charge >= 0.3 is 0 Å². The molecular formula is C17H20N2OS. The summed E-state index contributed by atoms with van der Waals surface area (Å²) in [5, 5.41) is 5.12. The highest BCUT2D eigenvalue weighted by Crippen LogP contribution is 2.35. The highest BCUT2D eigenvalue weighted by atomic mass is 32.1. The van der Waals surface area contributed by atoms with Gasteiger partial charge in [-0.2, -0.15) is 0 Å². The molecule has 2 aromatic rings. The summed E-state index contributed by atoms with van der Waals surface area (Å²) < 4.78 is 0. The molecular weight excluding hydrogens is 280 g/mol. The zero-order chi connectivity index (χ0) is 14.7. The van der Waals surface area contributed by atoms with E-state index in [0.717, 1.165) is 25.1 Å². The molecule has 1 aliphatic heterocycles. The van der Waals surface area contributed by atoms with E-state index < -0.39 is 0 Å². The fourth-order valence-corrected chi connectivity index (χ4v) is 3.84. The minimum Gasteiger partial charge on any atom is -0.325 e. The fraction of sp³-hybridized carbons (Fsp3) is 0.353. The predicted molar refractivity (Wildman–Crippen MR) is 87.5 cm³/mol. The molecule has 1 amide bonds. The molecule has 110 valence electrons. The molecule has 0 unspecified atom stereocenters. The van der Waals surface area contributed by atoms with Gasteiger partial charge in [0.15, 0.2) is 0 Å². The number of hydrogen-bond acceptors (Lipinski definition) is 3. The number of para-hydroxylation sites is 1. The van der Waals surface area contributed by atoms with Crippen LogP contribution in [0.4, 0.5) is 5.69 Å². The van der Waals surface area contributed by atoms with Crippen LogP contribution in [0.15, 0.2) is 47.8 Å². The number of benzene rings is 1. The second-order valence-corrected chi connectivity index (χ2v) is 6.42. The number of nitrogens with one attached hydrogen (secondary N) is 1. The molecule has 2 atom stereocenters. The number of carbonyl (C=O) groups is 1. The van der Waals surface area contributed by atoms with Crippen molar-refractivity contribution < 1.29 is 4.79 Å². The summed E-state index contributed by atoms with van der Waals surface area (Å²) in [6.07, 6.45) is 2.30. The van der Waals surface area contributed by atoms with Crippen LogP contribution in [0, 0.1) is 0 Å². The van der Waals surface area contributed by atoms with Crippen LogP contribution in [0.3, 0.4) is 0 Å². The van der Waals surface area contributed by atoms with Gasteiger partial charge in [-0.3, -0.25) is 9.69 Å². The number of likely N-dealkylation sites (tertiary alicyclic amines) is 1. The van der Waals surface area contributed by atoms with Gasteiger partial charge in [0.2, 0.25) is 5.91 Å². The Kier molecular flexibility index (Phi) is 4.36. The minimum absolute atomic E-state index is 0.0738. The van der Waals surface area contributed by atoms with E-state index in [1.165, 1.54) is 4.88 Å². The van der Waals surface area contributed by atoms with Crippen molar-refractivity contribution in [1.82, 2.24) is 4.90 Å². The topological polar surface area (TPSA) is 32.3 Å².